The van der Waals surface area contributed by atoms with Crippen LogP contribution in [0.5, 0.6) is 5.75 Å². The highest BCUT2D eigenvalue weighted by Gasteiger charge is 2.17. The first-order valence-electron chi connectivity index (χ1n) is 6.06. The largest absolute Gasteiger partial charge is 0.497 e. The molecule has 1 fully saturated rings. The van der Waals surface area contributed by atoms with E-state index in [0.29, 0.717) is 36.6 Å². The molecule has 0 atom stereocenters. The van der Waals surface area contributed by atoms with Crippen LogP contribution >= 0.6 is 0 Å². The summed E-state index contributed by atoms with van der Waals surface area (Å²) in [5.74, 6) is 0.569. The van der Waals surface area contributed by atoms with Gasteiger partial charge in [-0.25, -0.2) is 0 Å². The Balaban J connectivity index is 1.97. The summed E-state index contributed by atoms with van der Waals surface area (Å²) < 4.78 is 15.6. The minimum atomic E-state index is -0.333. The monoisotopic (exact) mass is 263 g/mol. The number of carbonyl (C=O) groups excluding carboxylic acids is 1. The molecule has 0 unspecified atom stereocenters. The molecule has 0 amide bonds. The third-order valence-electron chi connectivity index (χ3n) is 2.78. The molecule has 1 aromatic rings. The summed E-state index contributed by atoms with van der Waals surface area (Å²) in [6.07, 6.45) is 1.48. The van der Waals surface area contributed by atoms with E-state index in [2.05, 4.69) is 0 Å². The first-order valence-corrected chi connectivity index (χ1v) is 6.06. The van der Waals surface area contributed by atoms with Crippen molar-refractivity contribution in [2.75, 3.05) is 20.3 Å². The predicted octanol–water partition coefficient (Wildman–Crippen LogP) is 1.48. The molecule has 2 N–H and O–H groups in total. The first-order chi connectivity index (χ1) is 9.19. The number of rotatable bonds is 5. The quantitative estimate of drug-likeness (QED) is 0.643. The third kappa shape index (κ3) is 3.81. The van der Waals surface area contributed by atoms with Gasteiger partial charge >= 0.3 is 0 Å². The Bertz CT molecular complexity index is 461. The number of carbonyl (C=O) groups is 1. The summed E-state index contributed by atoms with van der Waals surface area (Å²) in [5, 5.41) is 0. The van der Waals surface area contributed by atoms with Gasteiger partial charge in [-0.15, -0.1) is 0 Å². The van der Waals surface area contributed by atoms with Gasteiger partial charge in [-0.2, -0.15) is 0 Å². The van der Waals surface area contributed by atoms with Crippen molar-refractivity contribution in [3.05, 3.63) is 41.6 Å². The molecule has 2 rings (SSSR count). The zero-order valence-corrected chi connectivity index (χ0v) is 10.8. The van der Waals surface area contributed by atoms with E-state index in [1.54, 1.807) is 31.4 Å². The Hall–Kier alpha value is -1.85. The Labute approximate surface area is 111 Å². The number of hydrogen-bond acceptors (Lipinski definition) is 5. The predicted molar refractivity (Wildman–Crippen MR) is 69.9 cm³/mol. The van der Waals surface area contributed by atoms with Gasteiger partial charge in [0.2, 0.25) is 0 Å². The van der Waals surface area contributed by atoms with E-state index in [4.69, 9.17) is 19.9 Å². The summed E-state index contributed by atoms with van der Waals surface area (Å²) in [6.45, 7) is 1.15. The second kappa shape index (κ2) is 6.36. The van der Waals surface area contributed by atoms with Gasteiger partial charge in [-0.3, -0.25) is 4.79 Å². The van der Waals surface area contributed by atoms with Crippen LogP contribution in [0.2, 0.25) is 0 Å². The SMILES string of the molecule is COc1ccc(C(=O)/C=C(\N)CC2OCCO2)cc1. The van der Waals surface area contributed by atoms with Gasteiger partial charge in [0.1, 0.15) is 5.75 Å². The molecule has 0 aliphatic carbocycles. The fraction of sp³-hybridized carbons (Fsp3) is 0.357. The number of ether oxygens (including phenoxy) is 3. The molecule has 0 saturated carbocycles. The van der Waals surface area contributed by atoms with Crippen LogP contribution < -0.4 is 10.5 Å². The standard InChI is InChI=1S/C14H17NO4/c1-17-12-4-2-10(3-5-12)13(16)8-11(15)9-14-18-6-7-19-14/h2-5,8,14H,6-7,9,15H2,1H3/b11-8-. The average molecular weight is 263 g/mol. The van der Waals surface area contributed by atoms with Gasteiger partial charge < -0.3 is 19.9 Å². The van der Waals surface area contributed by atoms with Crippen LogP contribution in [0.1, 0.15) is 16.8 Å². The molecule has 1 saturated heterocycles. The fourth-order valence-corrected chi connectivity index (χ4v) is 1.78. The van der Waals surface area contributed by atoms with Crippen molar-refractivity contribution < 1.29 is 19.0 Å². The van der Waals surface area contributed by atoms with Crippen molar-refractivity contribution in [2.45, 2.75) is 12.7 Å². The van der Waals surface area contributed by atoms with Crippen LogP contribution in [0.15, 0.2) is 36.0 Å². The minimum absolute atomic E-state index is 0.141. The van der Waals surface area contributed by atoms with Crippen LogP contribution in [0.3, 0.4) is 0 Å². The van der Waals surface area contributed by atoms with E-state index in [-0.39, 0.29) is 12.1 Å². The highest BCUT2D eigenvalue weighted by molar-refractivity contribution is 6.04. The van der Waals surface area contributed by atoms with E-state index in [1.165, 1.54) is 6.08 Å². The van der Waals surface area contributed by atoms with Crippen LogP contribution in [0.25, 0.3) is 0 Å². The minimum Gasteiger partial charge on any atom is -0.497 e. The summed E-state index contributed by atoms with van der Waals surface area (Å²) in [7, 11) is 1.58. The lowest BCUT2D eigenvalue weighted by Crippen LogP contribution is -2.14. The van der Waals surface area contributed by atoms with Crippen LogP contribution in [-0.2, 0) is 9.47 Å². The first kappa shape index (κ1) is 13.6. The number of benzene rings is 1. The van der Waals surface area contributed by atoms with Crippen molar-refractivity contribution >= 4 is 5.78 Å². The molecule has 5 nitrogen and oxygen atoms in total. The van der Waals surface area contributed by atoms with Crippen LogP contribution in [0, 0.1) is 0 Å². The van der Waals surface area contributed by atoms with Crippen molar-refractivity contribution in [1.82, 2.24) is 0 Å². The zero-order chi connectivity index (χ0) is 13.7. The second-order valence-corrected chi connectivity index (χ2v) is 4.19. The summed E-state index contributed by atoms with van der Waals surface area (Å²) in [4.78, 5) is 11.9. The molecule has 1 heterocycles. The van der Waals surface area contributed by atoms with Crippen LogP contribution in [0.4, 0.5) is 0 Å². The molecule has 1 aliphatic rings. The lowest BCUT2D eigenvalue weighted by molar-refractivity contribution is -0.0401. The Kier molecular flexibility index (Phi) is 4.54. The molecule has 102 valence electrons. The fourth-order valence-electron chi connectivity index (χ4n) is 1.78. The van der Waals surface area contributed by atoms with E-state index < -0.39 is 0 Å². The highest BCUT2D eigenvalue weighted by Crippen LogP contribution is 2.14. The molecular weight excluding hydrogens is 246 g/mol. The van der Waals surface area contributed by atoms with Gasteiger partial charge in [0.15, 0.2) is 12.1 Å². The zero-order valence-electron chi connectivity index (χ0n) is 10.8. The van der Waals surface area contributed by atoms with Gasteiger partial charge in [0.25, 0.3) is 0 Å². The molecular formula is C14H17NO4. The molecule has 5 heteroatoms. The molecule has 1 aliphatic heterocycles. The lowest BCUT2D eigenvalue weighted by Gasteiger charge is -2.08. The van der Waals surface area contributed by atoms with E-state index >= 15 is 0 Å². The molecule has 0 spiro atoms. The van der Waals surface area contributed by atoms with Crippen molar-refractivity contribution in [3.8, 4) is 5.75 Å². The Morgan fingerprint density at radius 2 is 2.00 bits per heavy atom. The Morgan fingerprint density at radius 1 is 1.37 bits per heavy atom. The maximum atomic E-state index is 11.9. The molecule has 19 heavy (non-hydrogen) atoms. The molecule has 1 aromatic carbocycles. The van der Waals surface area contributed by atoms with Crippen molar-refractivity contribution in [1.29, 1.82) is 0 Å². The van der Waals surface area contributed by atoms with E-state index in [9.17, 15) is 4.79 Å². The van der Waals surface area contributed by atoms with Gasteiger partial charge in [-0.05, 0) is 24.3 Å². The lowest BCUT2D eigenvalue weighted by atomic mass is 10.1. The smallest absolute Gasteiger partial charge is 0.187 e. The molecule has 0 bridgehead atoms. The average Bonchev–Trinajstić information content (AvgIpc) is 2.91. The van der Waals surface area contributed by atoms with Gasteiger partial charge in [-0.1, -0.05) is 0 Å². The summed E-state index contributed by atoms with van der Waals surface area (Å²) in [5.41, 5.74) is 6.82. The number of nitrogens with two attached hydrogens (primary N) is 1. The maximum Gasteiger partial charge on any atom is 0.187 e. The van der Waals surface area contributed by atoms with Gasteiger partial charge in [0.05, 0.1) is 20.3 Å². The number of hydrogen-bond donors (Lipinski definition) is 1. The maximum absolute atomic E-state index is 11.9. The highest BCUT2D eigenvalue weighted by atomic mass is 16.7. The molecule has 0 radical (unpaired) electrons. The van der Waals surface area contributed by atoms with Crippen molar-refractivity contribution in [2.24, 2.45) is 5.73 Å². The van der Waals surface area contributed by atoms with E-state index in [1.807, 2.05) is 0 Å². The third-order valence-corrected chi connectivity index (χ3v) is 2.78. The number of methoxy groups -OCH3 is 1. The normalized spacial score (nSPS) is 16.6. The summed E-state index contributed by atoms with van der Waals surface area (Å²) >= 11 is 0. The topological polar surface area (TPSA) is 70.8 Å². The van der Waals surface area contributed by atoms with Crippen LogP contribution in [-0.4, -0.2) is 32.4 Å². The summed E-state index contributed by atoms with van der Waals surface area (Å²) in [6, 6.07) is 6.88. The molecule has 0 aromatic heterocycles. The van der Waals surface area contributed by atoms with Gasteiger partial charge in [0, 0.05) is 23.8 Å². The van der Waals surface area contributed by atoms with Crippen molar-refractivity contribution in [3.63, 3.8) is 0 Å². The number of ketones is 1. The Morgan fingerprint density at radius 3 is 2.58 bits per heavy atom. The second-order valence-electron chi connectivity index (χ2n) is 4.19. The number of allylic oxidation sites excluding steroid dienone is 1. The van der Waals surface area contributed by atoms with E-state index in [0.717, 1.165) is 0 Å².